The lowest BCUT2D eigenvalue weighted by molar-refractivity contribution is -0.274. The van der Waals surface area contributed by atoms with Crippen molar-refractivity contribution in [2.45, 2.75) is 33.1 Å². The molecule has 0 bridgehead atoms. The number of nitrogens with zero attached hydrogens (tertiary/aromatic N) is 3. The highest BCUT2D eigenvalue weighted by Crippen LogP contribution is 2.32. The molecule has 0 unspecified atom stereocenters. The van der Waals surface area contributed by atoms with Crippen LogP contribution in [-0.2, 0) is 6.42 Å². The quantitative estimate of drug-likeness (QED) is 0.372. The molecular weight excluding hydrogens is 441 g/mol. The molecule has 0 saturated carbocycles. The van der Waals surface area contributed by atoms with Crippen molar-refractivity contribution in [2.75, 3.05) is 0 Å². The van der Waals surface area contributed by atoms with Crippen molar-refractivity contribution in [3.8, 4) is 10.9 Å². The minimum absolute atomic E-state index is 0.0167. The van der Waals surface area contributed by atoms with Gasteiger partial charge in [-0.25, -0.2) is 9.98 Å². The SMILES string of the molecule is CCCc1[nH]n(-c2nc3ccccc3s2)c(=O)c1C(C)=Nc1ccccc1OC(F)(F)F. The van der Waals surface area contributed by atoms with Crippen LogP contribution in [0.2, 0.25) is 0 Å². The lowest BCUT2D eigenvalue weighted by Crippen LogP contribution is -2.20. The number of H-pyrrole nitrogens is 1. The number of nitrogens with one attached hydrogen (secondary N) is 1. The van der Waals surface area contributed by atoms with Crippen LogP contribution >= 0.6 is 11.3 Å². The Kier molecular flexibility index (Phi) is 5.88. The summed E-state index contributed by atoms with van der Waals surface area (Å²) in [5.74, 6) is -0.432. The summed E-state index contributed by atoms with van der Waals surface area (Å²) in [4.78, 5) is 22.1. The van der Waals surface area contributed by atoms with Crippen LogP contribution in [-0.4, -0.2) is 26.8 Å². The van der Waals surface area contributed by atoms with Crippen molar-refractivity contribution in [1.29, 1.82) is 0 Å². The molecule has 0 aliphatic rings. The first kappa shape index (κ1) is 21.8. The third-order valence-electron chi connectivity index (χ3n) is 4.68. The monoisotopic (exact) mass is 460 g/mol. The highest BCUT2D eigenvalue weighted by Gasteiger charge is 2.32. The van der Waals surface area contributed by atoms with Crippen molar-refractivity contribution in [3.05, 3.63) is 70.1 Å². The Labute approximate surface area is 185 Å². The van der Waals surface area contributed by atoms with Crippen molar-refractivity contribution >= 4 is 33.0 Å². The molecule has 0 fully saturated rings. The second kappa shape index (κ2) is 8.62. The number of alkyl halides is 3. The Balaban J connectivity index is 1.81. The van der Waals surface area contributed by atoms with Crippen LogP contribution in [0.5, 0.6) is 5.75 Å². The molecule has 1 N–H and O–H groups in total. The molecule has 4 rings (SSSR count). The molecule has 166 valence electrons. The molecule has 10 heteroatoms. The molecule has 6 nitrogen and oxygen atoms in total. The average molecular weight is 460 g/mol. The predicted molar refractivity (Wildman–Crippen MR) is 119 cm³/mol. The largest absolute Gasteiger partial charge is 0.573 e. The zero-order valence-electron chi connectivity index (χ0n) is 17.2. The van der Waals surface area contributed by atoms with Gasteiger partial charge in [-0.15, -0.1) is 13.2 Å². The number of thiazole rings is 1. The lowest BCUT2D eigenvalue weighted by Gasteiger charge is -2.11. The average Bonchev–Trinajstić information content (AvgIpc) is 3.29. The van der Waals surface area contributed by atoms with Gasteiger partial charge >= 0.3 is 6.36 Å². The van der Waals surface area contributed by atoms with Crippen LogP contribution in [0.25, 0.3) is 15.3 Å². The van der Waals surface area contributed by atoms with Gasteiger partial charge in [0.2, 0.25) is 5.13 Å². The molecule has 2 aromatic heterocycles. The van der Waals surface area contributed by atoms with Gasteiger partial charge in [0.25, 0.3) is 5.56 Å². The number of para-hydroxylation sites is 3. The number of benzene rings is 2. The number of fused-ring (bicyclic) bond motifs is 1. The fraction of sp³-hybridized carbons (Fsp3) is 0.227. The Morgan fingerprint density at radius 1 is 1.19 bits per heavy atom. The number of ether oxygens (including phenoxy) is 1. The van der Waals surface area contributed by atoms with Gasteiger partial charge in [0.05, 0.1) is 21.5 Å². The molecular formula is C22H19F3N4O2S. The van der Waals surface area contributed by atoms with Crippen LogP contribution in [0, 0.1) is 0 Å². The van der Waals surface area contributed by atoms with Crippen molar-refractivity contribution in [1.82, 2.24) is 14.8 Å². The smallest absolute Gasteiger partial charge is 0.403 e. The zero-order valence-corrected chi connectivity index (χ0v) is 18.0. The third-order valence-corrected chi connectivity index (χ3v) is 5.70. The number of aliphatic imine (C=N–C) groups is 1. The van der Waals surface area contributed by atoms with Gasteiger partial charge in [0.15, 0.2) is 5.75 Å². The van der Waals surface area contributed by atoms with Crippen LogP contribution < -0.4 is 10.3 Å². The number of aryl methyl sites for hydroxylation is 1. The maximum atomic E-state index is 13.3. The topological polar surface area (TPSA) is 72.3 Å². The Morgan fingerprint density at radius 2 is 1.91 bits per heavy atom. The first-order chi connectivity index (χ1) is 15.3. The second-order valence-corrected chi connectivity index (χ2v) is 8.04. The van der Waals surface area contributed by atoms with Gasteiger partial charge < -0.3 is 4.74 Å². The van der Waals surface area contributed by atoms with Crippen molar-refractivity contribution in [2.24, 2.45) is 4.99 Å². The van der Waals surface area contributed by atoms with E-state index in [9.17, 15) is 18.0 Å². The zero-order chi connectivity index (χ0) is 22.9. The summed E-state index contributed by atoms with van der Waals surface area (Å²) in [6.45, 7) is 3.56. The maximum absolute atomic E-state index is 13.3. The van der Waals surface area contributed by atoms with Crippen molar-refractivity contribution < 1.29 is 17.9 Å². The van der Waals surface area contributed by atoms with Gasteiger partial charge in [0, 0.05) is 5.69 Å². The van der Waals surface area contributed by atoms with Gasteiger partial charge in [-0.2, -0.15) is 4.68 Å². The van der Waals surface area contributed by atoms with E-state index in [0.717, 1.165) is 16.6 Å². The first-order valence-corrected chi connectivity index (χ1v) is 10.7. The standard InChI is InChI=1S/C22H19F3N4O2S/c1-3-8-16-19(13(2)26-14-9-4-6-11-17(14)31-22(23,24)25)20(30)29(28-16)21-27-15-10-5-7-12-18(15)32-21/h4-7,9-12,28H,3,8H2,1-2H3. The van der Waals surface area contributed by atoms with Crippen molar-refractivity contribution in [3.63, 3.8) is 0 Å². The molecule has 0 atom stereocenters. The van der Waals surface area contributed by atoms with E-state index in [0.29, 0.717) is 22.8 Å². The molecule has 32 heavy (non-hydrogen) atoms. The lowest BCUT2D eigenvalue weighted by atomic mass is 10.1. The summed E-state index contributed by atoms with van der Waals surface area (Å²) in [6, 6.07) is 13.1. The molecule has 2 heterocycles. The van der Waals surface area contributed by atoms with E-state index in [1.807, 2.05) is 31.2 Å². The maximum Gasteiger partial charge on any atom is 0.573 e. The summed E-state index contributed by atoms with van der Waals surface area (Å²) in [6.07, 6.45) is -3.52. The molecule has 0 aliphatic heterocycles. The molecule has 0 radical (unpaired) electrons. The number of halogens is 3. The van der Waals surface area contributed by atoms with Crippen LogP contribution in [0.15, 0.2) is 58.3 Å². The normalized spacial score (nSPS) is 12.5. The predicted octanol–water partition coefficient (Wildman–Crippen LogP) is 5.77. The Morgan fingerprint density at radius 3 is 2.62 bits per heavy atom. The van der Waals surface area contributed by atoms with Gasteiger partial charge in [-0.05, 0) is 37.6 Å². The van der Waals surface area contributed by atoms with E-state index < -0.39 is 12.1 Å². The Bertz CT molecular complexity index is 1320. The molecule has 0 amide bonds. The summed E-state index contributed by atoms with van der Waals surface area (Å²) in [7, 11) is 0. The molecule has 4 aromatic rings. The highest BCUT2D eigenvalue weighted by atomic mass is 32.1. The molecule has 0 aliphatic carbocycles. The fourth-order valence-corrected chi connectivity index (χ4v) is 4.30. The minimum Gasteiger partial charge on any atom is -0.403 e. The second-order valence-electron chi connectivity index (χ2n) is 7.03. The summed E-state index contributed by atoms with van der Waals surface area (Å²) >= 11 is 1.36. The Hall–Kier alpha value is -3.40. The van der Waals surface area contributed by atoms with Gasteiger partial charge in [-0.1, -0.05) is 48.9 Å². The van der Waals surface area contributed by atoms with Crippen LogP contribution in [0.4, 0.5) is 18.9 Å². The van der Waals surface area contributed by atoms with Gasteiger partial charge in [-0.3, -0.25) is 9.89 Å². The summed E-state index contributed by atoms with van der Waals surface area (Å²) in [5.41, 5.74) is 1.64. The van der Waals surface area contributed by atoms with E-state index in [2.05, 4.69) is 19.8 Å². The first-order valence-electron chi connectivity index (χ1n) is 9.87. The summed E-state index contributed by atoms with van der Waals surface area (Å²) in [5, 5.41) is 3.59. The molecule has 0 spiro atoms. The number of aromatic nitrogens is 3. The summed E-state index contributed by atoms with van der Waals surface area (Å²) < 4.78 is 44.6. The number of hydrogen-bond donors (Lipinski definition) is 1. The third kappa shape index (κ3) is 4.45. The van der Waals surface area contributed by atoms with E-state index in [-0.39, 0.29) is 17.0 Å². The van der Waals surface area contributed by atoms with Crippen LogP contribution in [0.3, 0.4) is 0 Å². The fourth-order valence-electron chi connectivity index (χ4n) is 3.37. The van der Waals surface area contributed by atoms with Crippen LogP contribution in [0.1, 0.15) is 31.5 Å². The van der Waals surface area contributed by atoms with Gasteiger partial charge in [0.1, 0.15) is 5.69 Å². The van der Waals surface area contributed by atoms with E-state index >= 15 is 0 Å². The van der Waals surface area contributed by atoms with E-state index in [1.165, 1.54) is 34.2 Å². The molecule has 2 aromatic carbocycles. The molecule has 0 saturated heterocycles. The highest BCUT2D eigenvalue weighted by molar-refractivity contribution is 7.20. The minimum atomic E-state index is -4.85. The number of hydrogen-bond acceptors (Lipinski definition) is 5. The van der Waals surface area contributed by atoms with E-state index in [4.69, 9.17) is 0 Å². The number of rotatable bonds is 6. The number of aromatic amines is 1. The van der Waals surface area contributed by atoms with E-state index in [1.54, 1.807) is 13.0 Å².